The van der Waals surface area contributed by atoms with Gasteiger partial charge in [0, 0.05) is 51.9 Å². The topological polar surface area (TPSA) is 52.6 Å². The Hall–Kier alpha value is -2.09. The molecule has 2 aliphatic rings. The molecular weight excluding hydrogens is 442 g/mol. The molecular formula is C24H30ClN5OS. The standard InChI is InChI=1S/C24H30ClN5OS/c25-21-18-22(27-24(26-21)32-19-23(31)30-12-5-2-6-13-30)29-16-14-28(15-17-29)11-7-10-20-8-3-1-4-9-20/h1,3-4,7-10,18H,2,5-6,11-17,19H2. The number of carbonyl (C=O) groups is 1. The summed E-state index contributed by atoms with van der Waals surface area (Å²) in [6.45, 7) is 6.39. The average Bonchev–Trinajstić information content (AvgIpc) is 2.84. The lowest BCUT2D eigenvalue weighted by Gasteiger charge is -2.35. The summed E-state index contributed by atoms with van der Waals surface area (Å²) in [5.41, 5.74) is 1.23. The smallest absolute Gasteiger partial charge is 0.233 e. The zero-order valence-electron chi connectivity index (χ0n) is 18.3. The van der Waals surface area contributed by atoms with E-state index in [0.717, 1.165) is 64.5 Å². The number of anilines is 1. The van der Waals surface area contributed by atoms with E-state index >= 15 is 0 Å². The van der Waals surface area contributed by atoms with Crippen LogP contribution < -0.4 is 4.90 Å². The molecule has 2 saturated heterocycles. The first-order valence-corrected chi connectivity index (χ1v) is 12.7. The first kappa shape index (κ1) is 23.1. The highest BCUT2D eigenvalue weighted by atomic mass is 35.5. The predicted octanol–water partition coefficient (Wildman–Crippen LogP) is 4.07. The van der Waals surface area contributed by atoms with Crippen LogP contribution in [0.1, 0.15) is 24.8 Å². The summed E-state index contributed by atoms with van der Waals surface area (Å²) in [4.78, 5) is 28.1. The molecule has 1 aromatic carbocycles. The van der Waals surface area contributed by atoms with Gasteiger partial charge in [-0.05, 0) is 24.8 Å². The molecule has 0 N–H and O–H groups in total. The van der Waals surface area contributed by atoms with Crippen molar-refractivity contribution in [2.75, 3.05) is 56.5 Å². The van der Waals surface area contributed by atoms with Crippen molar-refractivity contribution in [3.63, 3.8) is 0 Å². The number of hydrogen-bond donors (Lipinski definition) is 0. The van der Waals surface area contributed by atoms with E-state index in [2.05, 4.69) is 51.2 Å². The van der Waals surface area contributed by atoms with Gasteiger partial charge in [-0.1, -0.05) is 65.8 Å². The summed E-state index contributed by atoms with van der Waals surface area (Å²) >= 11 is 7.66. The fraction of sp³-hybridized carbons (Fsp3) is 0.458. The van der Waals surface area contributed by atoms with E-state index in [9.17, 15) is 4.79 Å². The van der Waals surface area contributed by atoms with Gasteiger partial charge in [-0.2, -0.15) is 0 Å². The maximum Gasteiger partial charge on any atom is 0.233 e. The normalized spacial score (nSPS) is 17.8. The quantitative estimate of drug-likeness (QED) is 0.344. The van der Waals surface area contributed by atoms with Crippen LogP contribution in [0.15, 0.2) is 47.6 Å². The summed E-state index contributed by atoms with van der Waals surface area (Å²) in [7, 11) is 0. The molecule has 0 bridgehead atoms. The van der Waals surface area contributed by atoms with E-state index in [1.807, 2.05) is 17.0 Å². The second kappa shape index (κ2) is 11.7. The number of piperidine rings is 1. The second-order valence-electron chi connectivity index (χ2n) is 8.16. The fourth-order valence-electron chi connectivity index (χ4n) is 4.03. The SMILES string of the molecule is O=C(CSc1nc(Cl)cc(N2CCN(CC=Cc3ccccc3)CC2)n1)N1CCCCC1. The molecule has 1 aromatic heterocycles. The van der Waals surface area contributed by atoms with E-state index in [-0.39, 0.29) is 5.91 Å². The van der Waals surface area contributed by atoms with Crippen LogP contribution in [0.4, 0.5) is 5.82 Å². The molecule has 0 saturated carbocycles. The molecule has 8 heteroatoms. The molecule has 0 atom stereocenters. The Bertz CT molecular complexity index is 912. The number of nitrogens with zero attached hydrogens (tertiary/aromatic N) is 5. The van der Waals surface area contributed by atoms with Gasteiger partial charge < -0.3 is 9.80 Å². The summed E-state index contributed by atoms with van der Waals surface area (Å²) < 4.78 is 0. The van der Waals surface area contributed by atoms with Gasteiger partial charge in [0.1, 0.15) is 11.0 Å². The third-order valence-electron chi connectivity index (χ3n) is 5.86. The predicted molar refractivity (Wildman–Crippen MR) is 132 cm³/mol. The van der Waals surface area contributed by atoms with Gasteiger partial charge in [0.2, 0.25) is 5.91 Å². The molecule has 170 valence electrons. The number of aromatic nitrogens is 2. The molecule has 1 amide bonds. The highest BCUT2D eigenvalue weighted by Gasteiger charge is 2.20. The Labute approximate surface area is 199 Å². The van der Waals surface area contributed by atoms with Crippen LogP contribution in [0.25, 0.3) is 6.08 Å². The number of thioether (sulfide) groups is 1. The van der Waals surface area contributed by atoms with Gasteiger partial charge in [-0.25, -0.2) is 9.97 Å². The van der Waals surface area contributed by atoms with Crippen LogP contribution in [0, 0.1) is 0 Å². The van der Waals surface area contributed by atoms with Gasteiger partial charge in [-0.3, -0.25) is 9.69 Å². The van der Waals surface area contributed by atoms with E-state index in [4.69, 9.17) is 16.6 Å². The Kier molecular flexibility index (Phi) is 8.42. The number of halogens is 1. The zero-order valence-corrected chi connectivity index (χ0v) is 19.9. The number of carbonyl (C=O) groups excluding carboxylic acids is 1. The van der Waals surface area contributed by atoms with Gasteiger partial charge in [0.25, 0.3) is 0 Å². The van der Waals surface area contributed by atoms with Crippen LogP contribution in [0.2, 0.25) is 5.15 Å². The molecule has 32 heavy (non-hydrogen) atoms. The number of likely N-dealkylation sites (tertiary alicyclic amines) is 1. The van der Waals surface area contributed by atoms with E-state index in [1.165, 1.54) is 23.7 Å². The first-order chi connectivity index (χ1) is 15.7. The number of amides is 1. The lowest BCUT2D eigenvalue weighted by molar-refractivity contribution is -0.129. The van der Waals surface area contributed by atoms with Crippen LogP contribution in [-0.4, -0.2) is 77.2 Å². The Morgan fingerprint density at radius 1 is 1.00 bits per heavy atom. The minimum Gasteiger partial charge on any atom is -0.354 e. The minimum absolute atomic E-state index is 0.164. The lowest BCUT2D eigenvalue weighted by Crippen LogP contribution is -2.46. The van der Waals surface area contributed by atoms with Crippen molar-refractivity contribution in [1.82, 2.24) is 19.8 Å². The van der Waals surface area contributed by atoms with Crippen molar-refractivity contribution in [3.8, 4) is 0 Å². The number of hydrogen-bond acceptors (Lipinski definition) is 6. The summed E-state index contributed by atoms with van der Waals surface area (Å²) in [6, 6.07) is 12.2. The maximum atomic E-state index is 12.5. The van der Waals surface area contributed by atoms with Gasteiger partial charge in [-0.15, -0.1) is 0 Å². The number of benzene rings is 1. The summed E-state index contributed by atoms with van der Waals surface area (Å²) in [6.07, 6.45) is 7.81. The van der Waals surface area contributed by atoms with Gasteiger partial charge in [0.15, 0.2) is 5.16 Å². The summed E-state index contributed by atoms with van der Waals surface area (Å²) in [5.74, 6) is 1.37. The largest absolute Gasteiger partial charge is 0.354 e. The average molecular weight is 472 g/mol. The van der Waals surface area contributed by atoms with Gasteiger partial charge in [0.05, 0.1) is 5.75 Å². The zero-order chi connectivity index (χ0) is 22.2. The monoisotopic (exact) mass is 471 g/mol. The minimum atomic E-state index is 0.164. The van der Waals surface area contributed by atoms with Crippen molar-refractivity contribution >= 4 is 41.2 Å². The maximum absolute atomic E-state index is 12.5. The molecule has 0 spiro atoms. The van der Waals surface area contributed by atoms with Crippen molar-refractivity contribution in [3.05, 3.63) is 53.2 Å². The van der Waals surface area contributed by atoms with E-state index < -0.39 is 0 Å². The number of rotatable bonds is 7. The summed E-state index contributed by atoms with van der Waals surface area (Å²) in [5, 5.41) is 1.00. The molecule has 2 aromatic rings. The van der Waals surface area contributed by atoms with Crippen molar-refractivity contribution in [2.45, 2.75) is 24.4 Å². The molecule has 0 aliphatic carbocycles. The molecule has 0 radical (unpaired) electrons. The molecule has 2 aliphatic heterocycles. The van der Waals surface area contributed by atoms with Crippen LogP contribution >= 0.6 is 23.4 Å². The molecule has 0 unspecified atom stereocenters. The lowest BCUT2D eigenvalue weighted by atomic mass is 10.1. The number of piperazine rings is 1. The Balaban J connectivity index is 1.27. The van der Waals surface area contributed by atoms with Crippen molar-refractivity contribution < 1.29 is 4.79 Å². The highest BCUT2D eigenvalue weighted by molar-refractivity contribution is 7.99. The van der Waals surface area contributed by atoms with Crippen molar-refractivity contribution in [1.29, 1.82) is 0 Å². The Morgan fingerprint density at radius 2 is 1.75 bits per heavy atom. The molecule has 4 rings (SSSR count). The van der Waals surface area contributed by atoms with Crippen LogP contribution in [0.3, 0.4) is 0 Å². The third-order valence-corrected chi connectivity index (χ3v) is 6.89. The Morgan fingerprint density at radius 3 is 2.50 bits per heavy atom. The third kappa shape index (κ3) is 6.70. The fourth-order valence-corrected chi connectivity index (χ4v) is 5.02. The molecule has 6 nitrogen and oxygen atoms in total. The highest BCUT2D eigenvalue weighted by Crippen LogP contribution is 2.23. The second-order valence-corrected chi connectivity index (χ2v) is 9.49. The van der Waals surface area contributed by atoms with E-state index in [0.29, 0.717) is 16.1 Å². The van der Waals surface area contributed by atoms with E-state index in [1.54, 1.807) is 0 Å². The molecule has 3 heterocycles. The van der Waals surface area contributed by atoms with Crippen molar-refractivity contribution in [2.24, 2.45) is 0 Å². The first-order valence-electron chi connectivity index (χ1n) is 11.3. The van der Waals surface area contributed by atoms with Crippen LogP contribution in [0.5, 0.6) is 0 Å². The van der Waals surface area contributed by atoms with Crippen LogP contribution in [-0.2, 0) is 4.79 Å². The van der Waals surface area contributed by atoms with Gasteiger partial charge >= 0.3 is 0 Å². The molecule has 2 fully saturated rings.